The minimum Gasteiger partial charge on any atom is -0.496 e. The van der Waals surface area contributed by atoms with Crippen LogP contribution in [0, 0.1) is 6.92 Å². The van der Waals surface area contributed by atoms with Crippen LogP contribution in [0.1, 0.15) is 22.8 Å². The fourth-order valence-electron chi connectivity index (χ4n) is 2.58. The number of anilines is 2. The number of ketones is 1. The smallest absolute Gasteiger partial charge is 0.347 e. The van der Waals surface area contributed by atoms with Gasteiger partial charge in [0.05, 0.1) is 11.8 Å². The second-order valence-corrected chi connectivity index (χ2v) is 7.05. The SMILES string of the molecule is COc1ccc(NC(=O)N(C)c2cc3oc(=O)c(C(C)=O)cc3s2)cc1C. The van der Waals surface area contributed by atoms with Crippen LogP contribution in [-0.2, 0) is 0 Å². The van der Waals surface area contributed by atoms with Crippen molar-refractivity contribution in [1.82, 2.24) is 0 Å². The first-order valence-electron chi connectivity index (χ1n) is 8.08. The molecule has 0 atom stereocenters. The number of carbonyl (C=O) groups excluding carboxylic acids is 2. The molecule has 0 unspecified atom stereocenters. The monoisotopic (exact) mass is 386 g/mol. The molecule has 140 valence electrons. The standard InChI is InChI=1S/C19H18N2O5S/c1-10-7-12(5-6-14(10)25-4)20-19(24)21(3)17-9-15-16(27-17)8-13(11(2)22)18(23)26-15/h5-9H,1-4H3,(H,20,24). The molecule has 2 amide bonds. The number of thiophene rings is 1. The molecule has 1 aromatic carbocycles. The lowest BCUT2D eigenvalue weighted by Gasteiger charge is -2.16. The number of hydrogen-bond acceptors (Lipinski definition) is 6. The highest BCUT2D eigenvalue weighted by Gasteiger charge is 2.17. The fourth-order valence-corrected chi connectivity index (χ4v) is 3.56. The van der Waals surface area contributed by atoms with Crippen LogP contribution >= 0.6 is 11.3 Å². The third-order valence-electron chi connectivity index (χ3n) is 4.07. The van der Waals surface area contributed by atoms with E-state index in [0.29, 0.717) is 21.0 Å². The summed E-state index contributed by atoms with van der Waals surface area (Å²) in [5, 5.41) is 3.39. The zero-order valence-corrected chi connectivity index (χ0v) is 16.1. The summed E-state index contributed by atoms with van der Waals surface area (Å²) in [6, 6.07) is 8.09. The molecule has 0 saturated carbocycles. The van der Waals surface area contributed by atoms with Gasteiger partial charge in [0, 0.05) is 18.8 Å². The summed E-state index contributed by atoms with van der Waals surface area (Å²) in [5.41, 5.74) is 1.19. The van der Waals surface area contributed by atoms with Crippen molar-refractivity contribution in [2.45, 2.75) is 13.8 Å². The average Bonchev–Trinajstić information content (AvgIpc) is 3.03. The maximum Gasteiger partial charge on any atom is 0.347 e. The molecule has 7 nitrogen and oxygen atoms in total. The van der Waals surface area contributed by atoms with E-state index in [2.05, 4.69) is 5.32 Å². The van der Waals surface area contributed by atoms with Crippen LogP contribution in [0.4, 0.5) is 15.5 Å². The van der Waals surface area contributed by atoms with Gasteiger partial charge in [0.15, 0.2) is 11.4 Å². The number of rotatable bonds is 4. The summed E-state index contributed by atoms with van der Waals surface area (Å²) in [4.78, 5) is 37.3. The maximum atomic E-state index is 12.5. The van der Waals surface area contributed by atoms with E-state index < -0.39 is 5.63 Å². The maximum absolute atomic E-state index is 12.5. The van der Waals surface area contributed by atoms with Crippen LogP contribution in [0.2, 0.25) is 0 Å². The Hall–Kier alpha value is -3.13. The number of methoxy groups -OCH3 is 1. The topological polar surface area (TPSA) is 88.8 Å². The first kappa shape index (κ1) is 18.7. The normalized spacial score (nSPS) is 10.7. The summed E-state index contributed by atoms with van der Waals surface area (Å²) in [7, 11) is 3.20. The highest BCUT2D eigenvalue weighted by molar-refractivity contribution is 7.22. The molecule has 2 aromatic heterocycles. The molecule has 1 N–H and O–H groups in total. The first-order valence-corrected chi connectivity index (χ1v) is 8.89. The fraction of sp³-hybridized carbons (Fsp3) is 0.211. The third-order valence-corrected chi connectivity index (χ3v) is 5.21. The molecule has 0 aliphatic heterocycles. The number of nitrogens with one attached hydrogen (secondary N) is 1. The molecule has 3 aromatic rings. The summed E-state index contributed by atoms with van der Waals surface area (Å²) in [6.45, 7) is 3.20. The van der Waals surface area contributed by atoms with E-state index in [1.54, 1.807) is 32.4 Å². The number of benzene rings is 1. The van der Waals surface area contributed by atoms with Crippen molar-refractivity contribution >= 4 is 44.1 Å². The van der Waals surface area contributed by atoms with Gasteiger partial charge in [-0.2, -0.15) is 0 Å². The Kier molecular flexibility index (Phi) is 5.00. The molecule has 0 radical (unpaired) electrons. The number of amides is 2. The number of fused-ring (bicyclic) bond motifs is 1. The van der Waals surface area contributed by atoms with Crippen molar-refractivity contribution in [1.29, 1.82) is 0 Å². The van der Waals surface area contributed by atoms with Gasteiger partial charge in [-0.05, 0) is 43.7 Å². The number of hydrogen-bond donors (Lipinski definition) is 1. The van der Waals surface area contributed by atoms with Crippen molar-refractivity contribution in [2.75, 3.05) is 24.4 Å². The number of carbonyl (C=O) groups is 2. The molecule has 0 saturated heterocycles. The van der Waals surface area contributed by atoms with Gasteiger partial charge >= 0.3 is 11.7 Å². The number of ether oxygens (including phenoxy) is 1. The molecule has 0 fully saturated rings. The lowest BCUT2D eigenvalue weighted by Crippen LogP contribution is -2.30. The van der Waals surface area contributed by atoms with Gasteiger partial charge in [0.2, 0.25) is 0 Å². The van der Waals surface area contributed by atoms with Crippen molar-refractivity contribution < 1.29 is 18.7 Å². The highest BCUT2D eigenvalue weighted by atomic mass is 32.1. The van der Waals surface area contributed by atoms with Crippen LogP contribution in [0.25, 0.3) is 10.3 Å². The molecule has 27 heavy (non-hydrogen) atoms. The molecular formula is C19H18N2O5S. The van der Waals surface area contributed by atoms with Gasteiger partial charge in [-0.15, -0.1) is 11.3 Å². The number of aryl methyl sites for hydroxylation is 1. The zero-order chi connectivity index (χ0) is 19.7. The predicted octanol–water partition coefficient (Wildman–Crippen LogP) is 4.04. The van der Waals surface area contributed by atoms with Crippen LogP contribution < -0.4 is 20.6 Å². The van der Waals surface area contributed by atoms with Crippen molar-refractivity contribution in [2.24, 2.45) is 0 Å². The van der Waals surface area contributed by atoms with E-state index in [-0.39, 0.29) is 17.4 Å². The van der Waals surface area contributed by atoms with Gasteiger partial charge in [0.1, 0.15) is 16.3 Å². The van der Waals surface area contributed by atoms with E-state index in [4.69, 9.17) is 9.15 Å². The quantitative estimate of drug-likeness (QED) is 0.684. The van der Waals surface area contributed by atoms with Crippen molar-refractivity contribution in [3.05, 3.63) is 51.9 Å². The molecule has 0 spiro atoms. The van der Waals surface area contributed by atoms with Crippen molar-refractivity contribution in [3.63, 3.8) is 0 Å². The predicted molar refractivity (Wildman–Crippen MR) is 106 cm³/mol. The van der Waals surface area contributed by atoms with E-state index in [1.165, 1.54) is 29.2 Å². The highest BCUT2D eigenvalue weighted by Crippen LogP contribution is 2.32. The van der Waals surface area contributed by atoms with Crippen LogP contribution in [0.5, 0.6) is 5.75 Å². The second-order valence-electron chi connectivity index (χ2n) is 5.99. The summed E-state index contributed by atoms with van der Waals surface area (Å²) < 4.78 is 11.0. The molecular weight excluding hydrogens is 368 g/mol. The van der Waals surface area contributed by atoms with Crippen LogP contribution in [0.3, 0.4) is 0 Å². The van der Waals surface area contributed by atoms with Crippen molar-refractivity contribution in [3.8, 4) is 5.75 Å². The Morgan fingerprint density at radius 2 is 1.96 bits per heavy atom. The van der Waals surface area contributed by atoms with Gasteiger partial charge < -0.3 is 14.5 Å². The molecule has 0 aliphatic rings. The van der Waals surface area contributed by atoms with Gasteiger partial charge in [-0.3, -0.25) is 9.69 Å². The van der Waals surface area contributed by atoms with E-state index in [9.17, 15) is 14.4 Å². The summed E-state index contributed by atoms with van der Waals surface area (Å²) in [6.07, 6.45) is 0. The lowest BCUT2D eigenvalue weighted by atomic mass is 10.2. The molecule has 0 aliphatic carbocycles. The third kappa shape index (κ3) is 3.70. The van der Waals surface area contributed by atoms with Crippen LogP contribution in [0.15, 0.2) is 39.5 Å². The Labute approximate surface area is 159 Å². The van der Waals surface area contributed by atoms with Crippen LogP contribution in [-0.4, -0.2) is 26.0 Å². The Bertz CT molecular complexity index is 1100. The Morgan fingerprint density at radius 1 is 1.22 bits per heavy atom. The molecule has 2 heterocycles. The number of Topliss-reactive ketones (excluding diaryl/α,β-unsaturated/α-hetero) is 1. The Balaban J connectivity index is 1.85. The average molecular weight is 386 g/mol. The molecule has 0 bridgehead atoms. The van der Waals surface area contributed by atoms with E-state index >= 15 is 0 Å². The number of urea groups is 1. The second kappa shape index (κ2) is 7.24. The largest absolute Gasteiger partial charge is 0.496 e. The van der Waals surface area contributed by atoms with Gasteiger partial charge in [-0.1, -0.05) is 0 Å². The molecule has 8 heteroatoms. The first-order chi connectivity index (χ1) is 12.8. The summed E-state index contributed by atoms with van der Waals surface area (Å²) in [5.74, 6) is 0.378. The minimum absolute atomic E-state index is 0.00304. The number of nitrogens with zero attached hydrogens (tertiary/aromatic N) is 1. The Morgan fingerprint density at radius 3 is 2.59 bits per heavy atom. The van der Waals surface area contributed by atoms with Gasteiger partial charge in [0.25, 0.3) is 0 Å². The van der Waals surface area contributed by atoms with E-state index in [0.717, 1.165) is 11.3 Å². The van der Waals surface area contributed by atoms with Gasteiger partial charge in [-0.25, -0.2) is 9.59 Å². The minimum atomic E-state index is -0.680. The lowest BCUT2D eigenvalue weighted by molar-refractivity contribution is 0.101. The zero-order valence-electron chi connectivity index (χ0n) is 15.3. The van der Waals surface area contributed by atoms with E-state index in [1.807, 2.05) is 13.0 Å². The summed E-state index contributed by atoms with van der Waals surface area (Å²) >= 11 is 1.25. The molecule has 3 rings (SSSR count).